The lowest BCUT2D eigenvalue weighted by atomic mass is 10.1. The van der Waals surface area contributed by atoms with E-state index in [1.54, 1.807) is 0 Å². The van der Waals surface area contributed by atoms with E-state index in [-0.39, 0.29) is 0 Å². The first kappa shape index (κ1) is 19.7. The number of ether oxygens (including phenoxy) is 1. The first-order valence-corrected chi connectivity index (χ1v) is 9.79. The van der Waals surface area contributed by atoms with Crippen LogP contribution in [0.2, 0.25) is 5.02 Å². The number of rotatable bonds is 4. The fourth-order valence-corrected chi connectivity index (χ4v) is 3.28. The second-order valence-electron chi connectivity index (χ2n) is 7.17. The summed E-state index contributed by atoms with van der Waals surface area (Å²) >= 11 is 9.72. The summed E-state index contributed by atoms with van der Waals surface area (Å²) in [6.07, 6.45) is -0.431. The predicted molar refractivity (Wildman–Crippen MR) is 115 cm³/mol. The second-order valence-corrected chi connectivity index (χ2v) is 8.52. The highest BCUT2D eigenvalue weighted by atomic mass is 79.9. The number of carbonyl (C=O) groups excluding carboxylic acids is 1. The summed E-state index contributed by atoms with van der Waals surface area (Å²) < 4.78 is 6.22. The van der Waals surface area contributed by atoms with E-state index in [1.807, 2.05) is 57.2 Å². The molecule has 142 valence electrons. The molecular formula is C20H21BrClN3O2. The summed E-state index contributed by atoms with van der Waals surface area (Å²) in [5, 5.41) is 8.73. The average molecular weight is 451 g/mol. The minimum atomic E-state index is -0.516. The van der Waals surface area contributed by atoms with E-state index in [2.05, 4.69) is 26.6 Å². The number of nitrogens with one attached hydrogen (secondary N) is 2. The number of pyridine rings is 1. The van der Waals surface area contributed by atoms with Crippen molar-refractivity contribution in [3.05, 3.63) is 45.9 Å². The van der Waals surface area contributed by atoms with Gasteiger partial charge in [0, 0.05) is 33.4 Å². The van der Waals surface area contributed by atoms with Crippen molar-refractivity contribution in [2.45, 2.75) is 26.4 Å². The number of aromatic nitrogens is 1. The number of nitrogens with zero attached hydrogens (tertiary/aromatic N) is 1. The molecule has 3 rings (SSSR count). The van der Waals surface area contributed by atoms with Gasteiger partial charge in [-0.15, -0.1) is 0 Å². The van der Waals surface area contributed by atoms with Crippen LogP contribution in [0.4, 0.5) is 10.5 Å². The minimum Gasteiger partial charge on any atom is -0.444 e. The van der Waals surface area contributed by atoms with Crippen LogP contribution in [0.1, 0.15) is 20.8 Å². The minimum absolute atomic E-state index is 0.425. The van der Waals surface area contributed by atoms with Crippen molar-refractivity contribution in [1.82, 2.24) is 10.3 Å². The number of benzene rings is 2. The number of hydrogen-bond donors (Lipinski definition) is 2. The van der Waals surface area contributed by atoms with Crippen molar-refractivity contribution in [1.29, 1.82) is 0 Å². The molecule has 0 unspecified atom stereocenters. The number of alkyl carbamates (subject to hydrolysis) is 1. The smallest absolute Gasteiger partial charge is 0.407 e. The van der Waals surface area contributed by atoms with Gasteiger partial charge in [0.25, 0.3) is 0 Å². The largest absolute Gasteiger partial charge is 0.444 e. The number of halogens is 2. The van der Waals surface area contributed by atoms with Gasteiger partial charge in [-0.05, 0) is 57.2 Å². The predicted octanol–water partition coefficient (Wildman–Crippen LogP) is 5.74. The Morgan fingerprint density at radius 1 is 1.11 bits per heavy atom. The molecule has 2 aromatic carbocycles. The molecular weight excluding hydrogens is 430 g/mol. The fourth-order valence-electron chi connectivity index (χ4n) is 2.74. The van der Waals surface area contributed by atoms with Crippen LogP contribution in [0.15, 0.2) is 40.9 Å². The lowest BCUT2D eigenvalue weighted by Crippen LogP contribution is -2.35. The van der Waals surface area contributed by atoms with Gasteiger partial charge in [0.05, 0.1) is 16.7 Å². The molecule has 0 aliphatic carbocycles. The van der Waals surface area contributed by atoms with Crippen LogP contribution in [-0.2, 0) is 4.74 Å². The molecule has 1 aromatic heterocycles. The number of carbonyl (C=O) groups is 1. The summed E-state index contributed by atoms with van der Waals surface area (Å²) in [5.41, 5.74) is 2.16. The van der Waals surface area contributed by atoms with Crippen LogP contribution in [0.5, 0.6) is 0 Å². The summed E-state index contributed by atoms with van der Waals surface area (Å²) in [6, 6.07) is 11.6. The quantitative estimate of drug-likeness (QED) is 0.393. The van der Waals surface area contributed by atoms with E-state index in [1.165, 1.54) is 0 Å². The zero-order valence-corrected chi connectivity index (χ0v) is 17.7. The maximum absolute atomic E-state index is 11.8. The molecule has 0 atom stereocenters. The topological polar surface area (TPSA) is 63.2 Å². The molecule has 0 saturated carbocycles. The van der Waals surface area contributed by atoms with E-state index < -0.39 is 11.7 Å². The molecule has 0 aliphatic rings. The summed E-state index contributed by atoms with van der Waals surface area (Å²) in [7, 11) is 0. The third-order valence-corrected chi connectivity index (χ3v) is 4.52. The second kappa shape index (κ2) is 7.90. The number of hydrogen-bond acceptors (Lipinski definition) is 4. The summed E-state index contributed by atoms with van der Waals surface area (Å²) in [6.45, 7) is 6.46. The van der Waals surface area contributed by atoms with Gasteiger partial charge < -0.3 is 15.4 Å². The van der Waals surface area contributed by atoms with E-state index >= 15 is 0 Å². The summed E-state index contributed by atoms with van der Waals surface area (Å²) in [4.78, 5) is 16.5. The van der Waals surface area contributed by atoms with Gasteiger partial charge in [-0.3, -0.25) is 0 Å². The maximum atomic E-state index is 11.8. The fraction of sp³-hybridized carbons (Fsp3) is 0.300. The number of anilines is 1. The monoisotopic (exact) mass is 449 g/mol. The Balaban J connectivity index is 1.84. The molecule has 27 heavy (non-hydrogen) atoms. The third kappa shape index (κ3) is 5.02. The lowest BCUT2D eigenvalue weighted by Gasteiger charge is -2.20. The van der Waals surface area contributed by atoms with Crippen LogP contribution in [-0.4, -0.2) is 29.8 Å². The SMILES string of the molecule is CC(C)(C)OC(=O)NCCNc1c2cc(Cl)ccc2nc2ccc(Br)cc12. The van der Waals surface area contributed by atoms with Gasteiger partial charge in [-0.1, -0.05) is 27.5 Å². The van der Waals surface area contributed by atoms with Crippen molar-refractivity contribution in [2.24, 2.45) is 0 Å². The molecule has 0 spiro atoms. The van der Waals surface area contributed by atoms with Gasteiger partial charge in [-0.2, -0.15) is 0 Å². The Hall–Kier alpha value is -2.05. The highest BCUT2D eigenvalue weighted by molar-refractivity contribution is 9.10. The highest BCUT2D eigenvalue weighted by Gasteiger charge is 2.15. The molecule has 0 saturated heterocycles. The van der Waals surface area contributed by atoms with Gasteiger partial charge in [0.1, 0.15) is 5.60 Å². The van der Waals surface area contributed by atoms with Crippen molar-refractivity contribution in [3.8, 4) is 0 Å². The Morgan fingerprint density at radius 2 is 1.78 bits per heavy atom. The van der Waals surface area contributed by atoms with Gasteiger partial charge in [-0.25, -0.2) is 9.78 Å². The highest BCUT2D eigenvalue weighted by Crippen LogP contribution is 2.33. The van der Waals surface area contributed by atoms with Crippen LogP contribution < -0.4 is 10.6 Å². The molecule has 1 heterocycles. The molecule has 5 nitrogen and oxygen atoms in total. The van der Waals surface area contributed by atoms with Gasteiger partial charge in [0.2, 0.25) is 0 Å². The van der Waals surface area contributed by atoms with E-state index in [0.717, 1.165) is 32.0 Å². The standard InChI is InChI=1S/C20H21BrClN3O2/c1-20(2,3)27-19(26)24-9-8-23-18-14-10-12(21)4-6-16(14)25-17-7-5-13(22)11-15(17)18/h4-7,10-11H,8-9H2,1-3H3,(H,23,25)(H,24,26). The van der Waals surface area contributed by atoms with Crippen molar-refractivity contribution in [3.63, 3.8) is 0 Å². The first-order chi connectivity index (χ1) is 12.7. The van der Waals surface area contributed by atoms with E-state index in [9.17, 15) is 4.79 Å². The van der Waals surface area contributed by atoms with Crippen molar-refractivity contribution >= 4 is 61.1 Å². The zero-order valence-electron chi connectivity index (χ0n) is 15.4. The van der Waals surface area contributed by atoms with Crippen molar-refractivity contribution in [2.75, 3.05) is 18.4 Å². The molecule has 0 radical (unpaired) electrons. The number of amides is 1. The van der Waals surface area contributed by atoms with Crippen LogP contribution in [0.3, 0.4) is 0 Å². The average Bonchev–Trinajstić information content (AvgIpc) is 2.57. The molecule has 0 aliphatic heterocycles. The van der Waals surface area contributed by atoms with Crippen LogP contribution >= 0.6 is 27.5 Å². The molecule has 3 aromatic rings. The molecule has 2 N–H and O–H groups in total. The molecule has 0 bridgehead atoms. The maximum Gasteiger partial charge on any atom is 0.407 e. The molecule has 7 heteroatoms. The van der Waals surface area contributed by atoms with Crippen LogP contribution in [0, 0.1) is 0 Å². The van der Waals surface area contributed by atoms with E-state index in [4.69, 9.17) is 21.3 Å². The lowest BCUT2D eigenvalue weighted by molar-refractivity contribution is 0.0530. The van der Waals surface area contributed by atoms with Crippen LogP contribution in [0.25, 0.3) is 21.8 Å². The Bertz CT molecular complexity index is 942. The Morgan fingerprint density at radius 3 is 2.48 bits per heavy atom. The summed E-state index contributed by atoms with van der Waals surface area (Å²) in [5.74, 6) is 0. The van der Waals surface area contributed by atoms with Gasteiger partial charge >= 0.3 is 6.09 Å². The van der Waals surface area contributed by atoms with Crippen molar-refractivity contribution < 1.29 is 9.53 Å². The first-order valence-electron chi connectivity index (χ1n) is 8.62. The number of fused-ring (bicyclic) bond motifs is 2. The molecule has 0 fully saturated rings. The zero-order chi connectivity index (χ0) is 19.6. The Labute approximate surface area is 171 Å². The Kier molecular flexibility index (Phi) is 5.77. The molecule has 1 amide bonds. The third-order valence-electron chi connectivity index (χ3n) is 3.79. The van der Waals surface area contributed by atoms with Gasteiger partial charge in [0.15, 0.2) is 0 Å². The normalized spacial score (nSPS) is 11.6. The van der Waals surface area contributed by atoms with E-state index in [0.29, 0.717) is 18.1 Å².